The largest absolute Gasteiger partial charge is 0.206 e. The summed E-state index contributed by atoms with van der Waals surface area (Å²) < 4.78 is 83.5. The Hall–Kier alpha value is -3.20. The molecule has 0 fully saturated rings. The summed E-state index contributed by atoms with van der Waals surface area (Å²) in [6.45, 7) is 1.90. The fourth-order valence-corrected chi connectivity index (χ4v) is 4.29. The number of benzene rings is 3. The molecule has 0 amide bonds. The molecule has 0 bridgehead atoms. The normalized spacial score (nSPS) is 15.1. The Bertz CT molecular complexity index is 1260. The van der Waals surface area contributed by atoms with Crippen LogP contribution >= 0.6 is 0 Å². The third-order valence-electron chi connectivity index (χ3n) is 5.99. The molecule has 3 aromatic rings. The first-order valence-electron chi connectivity index (χ1n) is 10.7. The highest BCUT2D eigenvalue weighted by atomic mass is 19.2. The van der Waals surface area contributed by atoms with Crippen LogP contribution in [0.2, 0.25) is 0 Å². The molecule has 0 N–H and O–H groups in total. The summed E-state index contributed by atoms with van der Waals surface area (Å²) in [5.74, 6) is -1.90. The van der Waals surface area contributed by atoms with Crippen molar-refractivity contribution < 1.29 is 26.3 Å². The molecular weight excluding hydrogens is 438 g/mol. The van der Waals surface area contributed by atoms with Crippen LogP contribution in [0.15, 0.2) is 36.4 Å². The summed E-state index contributed by atoms with van der Waals surface area (Å²) in [5.41, 5.74) is 2.08. The van der Waals surface area contributed by atoms with Crippen molar-refractivity contribution in [2.45, 2.75) is 44.9 Å². The zero-order valence-electron chi connectivity index (χ0n) is 17.8. The van der Waals surface area contributed by atoms with E-state index in [1.165, 1.54) is 6.07 Å². The van der Waals surface area contributed by atoms with Gasteiger partial charge in [0, 0.05) is 5.56 Å². The molecule has 170 valence electrons. The van der Waals surface area contributed by atoms with Crippen LogP contribution in [0.5, 0.6) is 0 Å². The smallest absolute Gasteiger partial charge is 0.194 e. The molecule has 0 spiro atoms. The highest BCUT2D eigenvalue weighted by Gasteiger charge is 2.26. The first-order valence-corrected chi connectivity index (χ1v) is 10.7. The van der Waals surface area contributed by atoms with Crippen molar-refractivity contribution in [2.75, 3.05) is 0 Å². The van der Waals surface area contributed by atoms with Crippen molar-refractivity contribution in [1.29, 1.82) is 0 Å². The van der Waals surface area contributed by atoms with E-state index in [4.69, 9.17) is 0 Å². The molecule has 6 heteroatoms. The van der Waals surface area contributed by atoms with E-state index < -0.39 is 34.9 Å². The van der Waals surface area contributed by atoms with Crippen molar-refractivity contribution in [1.82, 2.24) is 0 Å². The van der Waals surface area contributed by atoms with E-state index in [1.54, 1.807) is 18.2 Å². The van der Waals surface area contributed by atoms with Crippen molar-refractivity contribution in [3.8, 4) is 11.8 Å². The van der Waals surface area contributed by atoms with Crippen molar-refractivity contribution >= 4 is 0 Å². The van der Waals surface area contributed by atoms with Crippen LogP contribution in [0, 0.1) is 46.7 Å². The van der Waals surface area contributed by atoms with Gasteiger partial charge >= 0.3 is 0 Å². The standard InChI is InChI=1S/C27H20F6/c1-2-3-16-8-9-21(26(32)25(16)31)18-7-6-17-12-19(22(28)14-20(17)13-18)5-4-15-10-23(29)27(33)24(30)11-15/h8-12,14,18H,2-3,6-7,13H2,1H3. The first kappa shape index (κ1) is 23.0. The maximum Gasteiger partial charge on any atom is 0.194 e. The third kappa shape index (κ3) is 4.64. The fraction of sp³-hybridized carbons (Fsp3) is 0.259. The van der Waals surface area contributed by atoms with Crippen LogP contribution in [-0.4, -0.2) is 0 Å². The minimum absolute atomic E-state index is 0.0403. The highest BCUT2D eigenvalue weighted by Crippen LogP contribution is 2.36. The van der Waals surface area contributed by atoms with E-state index in [9.17, 15) is 26.3 Å². The molecule has 0 aliphatic heterocycles. The Labute approximate surface area is 188 Å². The number of hydrogen-bond donors (Lipinski definition) is 0. The predicted molar refractivity (Wildman–Crippen MR) is 114 cm³/mol. The number of rotatable bonds is 3. The minimum atomic E-state index is -1.59. The second-order valence-electron chi connectivity index (χ2n) is 8.24. The topological polar surface area (TPSA) is 0 Å². The average molecular weight is 458 g/mol. The maximum atomic E-state index is 14.7. The molecule has 33 heavy (non-hydrogen) atoms. The van der Waals surface area contributed by atoms with Gasteiger partial charge in [-0.05, 0) is 78.1 Å². The summed E-state index contributed by atoms with van der Waals surface area (Å²) in [4.78, 5) is 0. The summed E-state index contributed by atoms with van der Waals surface area (Å²) in [6.07, 6.45) is 2.61. The second kappa shape index (κ2) is 9.35. The van der Waals surface area contributed by atoms with Crippen LogP contribution in [0.4, 0.5) is 26.3 Å². The SMILES string of the molecule is CCCc1ccc(C2CCc3cc(C#Cc4cc(F)c(F)c(F)c4)c(F)cc3C2)c(F)c1F. The molecule has 0 saturated heterocycles. The van der Waals surface area contributed by atoms with Crippen LogP contribution in [0.1, 0.15) is 59.1 Å². The summed E-state index contributed by atoms with van der Waals surface area (Å²) in [7, 11) is 0. The average Bonchev–Trinajstić information content (AvgIpc) is 2.79. The maximum absolute atomic E-state index is 14.7. The van der Waals surface area contributed by atoms with E-state index in [0.717, 1.165) is 17.7 Å². The van der Waals surface area contributed by atoms with Gasteiger partial charge in [0.05, 0.1) is 5.56 Å². The van der Waals surface area contributed by atoms with E-state index in [2.05, 4.69) is 11.8 Å². The van der Waals surface area contributed by atoms with Gasteiger partial charge in [-0.2, -0.15) is 0 Å². The lowest BCUT2D eigenvalue weighted by Gasteiger charge is -2.26. The molecule has 0 nitrogen and oxygen atoms in total. The molecule has 1 atom stereocenters. The van der Waals surface area contributed by atoms with Crippen LogP contribution in [0.3, 0.4) is 0 Å². The number of fused-ring (bicyclic) bond motifs is 1. The van der Waals surface area contributed by atoms with Crippen LogP contribution in [0.25, 0.3) is 0 Å². The highest BCUT2D eigenvalue weighted by molar-refractivity contribution is 5.48. The number of hydrogen-bond acceptors (Lipinski definition) is 0. The van der Waals surface area contributed by atoms with Gasteiger partial charge in [-0.15, -0.1) is 0 Å². The lowest BCUT2D eigenvalue weighted by molar-refractivity contribution is 0.446. The van der Waals surface area contributed by atoms with E-state index in [-0.39, 0.29) is 17.0 Å². The molecular formula is C27H20F6. The van der Waals surface area contributed by atoms with Crippen molar-refractivity contribution in [3.05, 3.63) is 105 Å². The van der Waals surface area contributed by atoms with Crippen LogP contribution < -0.4 is 0 Å². The molecule has 1 aliphatic carbocycles. The zero-order chi connectivity index (χ0) is 23.7. The van der Waals surface area contributed by atoms with E-state index >= 15 is 0 Å². The van der Waals surface area contributed by atoms with Gasteiger partial charge in [0.15, 0.2) is 29.1 Å². The Morgan fingerprint density at radius 3 is 2.21 bits per heavy atom. The summed E-state index contributed by atoms with van der Waals surface area (Å²) >= 11 is 0. The zero-order valence-corrected chi connectivity index (χ0v) is 17.8. The van der Waals surface area contributed by atoms with Crippen molar-refractivity contribution in [2.24, 2.45) is 0 Å². The van der Waals surface area contributed by atoms with Gasteiger partial charge in [0.2, 0.25) is 0 Å². The van der Waals surface area contributed by atoms with Gasteiger partial charge in [-0.1, -0.05) is 37.3 Å². The number of aryl methyl sites for hydroxylation is 2. The molecule has 1 unspecified atom stereocenters. The Morgan fingerprint density at radius 1 is 0.788 bits per heavy atom. The van der Waals surface area contributed by atoms with Gasteiger partial charge in [-0.25, -0.2) is 26.3 Å². The van der Waals surface area contributed by atoms with Gasteiger partial charge in [0.25, 0.3) is 0 Å². The predicted octanol–water partition coefficient (Wildman–Crippen LogP) is 7.15. The van der Waals surface area contributed by atoms with Gasteiger partial charge in [0.1, 0.15) is 5.82 Å². The van der Waals surface area contributed by atoms with Crippen molar-refractivity contribution in [3.63, 3.8) is 0 Å². The van der Waals surface area contributed by atoms with Crippen LogP contribution in [-0.2, 0) is 19.3 Å². The van der Waals surface area contributed by atoms with Gasteiger partial charge < -0.3 is 0 Å². The molecule has 0 heterocycles. The molecule has 4 rings (SSSR count). The molecule has 3 aromatic carbocycles. The molecule has 0 radical (unpaired) electrons. The minimum Gasteiger partial charge on any atom is -0.206 e. The fourth-order valence-electron chi connectivity index (χ4n) is 4.29. The Balaban J connectivity index is 1.59. The molecule has 0 aromatic heterocycles. The molecule has 1 aliphatic rings. The third-order valence-corrected chi connectivity index (χ3v) is 5.99. The lowest BCUT2D eigenvalue weighted by Crippen LogP contribution is -2.16. The second-order valence-corrected chi connectivity index (χ2v) is 8.24. The summed E-state index contributed by atoms with van der Waals surface area (Å²) in [6, 6.07) is 7.60. The number of halogens is 6. The quantitative estimate of drug-likeness (QED) is 0.222. The monoisotopic (exact) mass is 458 g/mol. The lowest BCUT2D eigenvalue weighted by atomic mass is 9.79. The first-order chi connectivity index (χ1) is 15.8. The van der Waals surface area contributed by atoms with Gasteiger partial charge in [-0.3, -0.25) is 0 Å². The Morgan fingerprint density at radius 2 is 1.52 bits per heavy atom. The van der Waals surface area contributed by atoms with E-state index in [0.29, 0.717) is 48.8 Å². The molecule has 0 saturated carbocycles. The van der Waals surface area contributed by atoms with E-state index in [1.807, 2.05) is 6.92 Å². The summed E-state index contributed by atoms with van der Waals surface area (Å²) in [5, 5.41) is 0. The Kier molecular flexibility index (Phi) is 6.51.